The maximum atomic E-state index is 13.9. The van der Waals surface area contributed by atoms with E-state index in [9.17, 15) is 4.39 Å². The van der Waals surface area contributed by atoms with E-state index in [4.69, 9.17) is 4.74 Å². The van der Waals surface area contributed by atoms with E-state index in [1.807, 2.05) is 19.1 Å². The van der Waals surface area contributed by atoms with E-state index in [2.05, 4.69) is 18.3 Å². The second kappa shape index (κ2) is 7.41. The topological polar surface area (TPSA) is 21.3 Å². The van der Waals surface area contributed by atoms with Crippen LogP contribution in [-0.2, 0) is 19.6 Å². The molecule has 1 N–H and O–H groups in total. The average Bonchev–Trinajstić information content (AvgIpc) is 2.92. The Morgan fingerprint density at radius 2 is 1.95 bits per heavy atom. The van der Waals surface area contributed by atoms with E-state index in [1.165, 1.54) is 10.9 Å². The van der Waals surface area contributed by atoms with Gasteiger partial charge in [-0.15, -0.1) is 11.3 Å². The molecule has 0 saturated carbocycles. The first-order valence-electron chi connectivity index (χ1n) is 6.92. The Labute approximate surface area is 123 Å². The van der Waals surface area contributed by atoms with Crippen LogP contribution in [0.5, 0.6) is 5.75 Å². The van der Waals surface area contributed by atoms with Crippen LogP contribution >= 0.6 is 11.3 Å². The molecule has 0 amide bonds. The minimum atomic E-state index is -0.298. The van der Waals surface area contributed by atoms with Gasteiger partial charge >= 0.3 is 0 Å². The molecule has 0 saturated heterocycles. The molecular weight excluding hydrogens is 273 g/mol. The molecule has 0 aliphatic heterocycles. The van der Waals surface area contributed by atoms with Crippen molar-refractivity contribution in [2.45, 2.75) is 33.4 Å². The standard InChI is InChI=1S/C16H20FNOS/c1-3-13-6-7-14(20-13)11-19-16-8-5-12(9-15(16)17)10-18-4-2/h5-9,18H,3-4,10-11H2,1-2H3. The smallest absolute Gasteiger partial charge is 0.165 e. The van der Waals surface area contributed by atoms with Crippen LogP contribution in [0.4, 0.5) is 4.39 Å². The molecule has 2 nitrogen and oxygen atoms in total. The van der Waals surface area contributed by atoms with Crippen molar-refractivity contribution in [1.82, 2.24) is 5.32 Å². The third-order valence-electron chi connectivity index (χ3n) is 3.01. The van der Waals surface area contributed by atoms with Gasteiger partial charge in [0.25, 0.3) is 0 Å². The number of halogens is 1. The van der Waals surface area contributed by atoms with Crippen molar-refractivity contribution in [2.75, 3.05) is 6.54 Å². The molecule has 0 aliphatic rings. The second-order valence-corrected chi connectivity index (χ2v) is 5.81. The molecule has 20 heavy (non-hydrogen) atoms. The Balaban J connectivity index is 1.95. The van der Waals surface area contributed by atoms with Crippen molar-refractivity contribution in [3.8, 4) is 5.75 Å². The van der Waals surface area contributed by atoms with Gasteiger partial charge in [0, 0.05) is 16.3 Å². The predicted octanol–water partition coefficient (Wildman–Crippen LogP) is 4.14. The van der Waals surface area contributed by atoms with E-state index in [0.717, 1.165) is 23.4 Å². The first kappa shape index (κ1) is 15.0. The van der Waals surface area contributed by atoms with Crippen LogP contribution in [0.3, 0.4) is 0 Å². The second-order valence-electron chi connectivity index (χ2n) is 4.56. The van der Waals surface area contributed by atoms with Crippen LogP contribution in [0.1, 0.15) is 29.2 Å². The molecule has 0 bridgehead atoms. The van der Waals surface area contributed by atoms with Crippen molar-refractivity contribution >= 4 is 11.3 Å². The number of aryl methyl sites for hydroxylation is 1. The van der Waals surface area contributed by atoms with Gasteiger partial charge < -0.3 is 10.1 Å². The third-order valence-corrected chi connectivity index (χ3v) is 4.21. The number of ether oxygens (including phenoxy) is 1. The van der Waals surface area contributed by atoms with Gasteiger partial charge in [-0.3, -0.25) is 0 Å². The summed E-state index contributed by atoms with van der Waals surface area (Å²) in [6.45, 7) is 6.13. The summed E-state index contributed by atoms with van der Waals surface area (Å²) >= 11 is 1.71. The van der Waals surface area contributed by atoms with E-state index < -0.39 is 0 Å². The minimum Gasteiger partial charge on any atom is -0.485 e. The first-order chi connectivity index (χ1) is 9.72. The molecule has 108 valence electrons. The van der Waals surface area contributed by atoms with Crippen molar-refractivity contribution < 1.29 is 9.13 Å². The highest BCUT2D eigenvalue weighted by Gasteiger charge is 2.06. The lowest BCUT2D eigenvalue weighted by atomic mass is 10.2. The Hall–Kier alpha value is -1.39. The zero-order valence-corrected chi connectivity index (χ0v) is 12.7. The molecule has 0 aliphatic carbocycles. The fraction of sp³-hybridized carbons (Fsp3) is 0.375. The van der Waals surface area contributed by atoms with E-state index in [-0.39, 0.29) is 5.82 Å². The van der Waals surface area contributed by atoms with Gasteiger partial charge in [-0.2, -0.15) is 0 Å². The van der Waals surface area contributed by atoms with E-state index >= 15 is 0 Å². The van der Waals surface area contributed by atoms with E-state index in [0.29, 0.717) is 18.9 Å². The number of nitrogens with one attached hydrogen (secondary N) is 1. The maximum Gasteiger partial charge on any atom is 0.165 e. The highest BCUT2D eigenvalue weighted by molar-refractivity contribution is 7.11. The van der Waals surface area contributed by atoms with Gasteiger partial charge in [0.05, 0.1) is 0 Å². The lowest BCUT2D eigenvalue weighted by molar-refractivity contribution is 0.293. The van der Waals surface area contributed by atoms with Crippen molar-refractivity contribution in [1.29, 1.82) is 0 Å². The fourth-order valence-electron chi connectivity index (χ4n) is 1.88. The summed E-state index contributed by atoms with van der Waals surface area (Å²) in [7, 11) is 0. The lowest BCUT2D eigenvalue weighted by Crippen LogP contribution is -2.11. The Morgan fingerprint density at radius 1 is 1.15 bits per heavy atom. The monoisotopic (exact) mass is 293 g/mol. The molecule has 0 atom stereocenters. The molecule has 0 radical (unpaired) electrons. The summed E-state index contributed by atoms with van der Waals surface area (Å²) in [4.78, 5) is 2.45. The summed E-state index contributed by atoms with van der Waals surface area (Å²) < 4.78 is 19.5. The number of hydrogen-bond acceptors (Lipinski definition) is 3. The highest BCUT2D eigenvalue weighted by Crippen LogP contribution is 2.22. The fourth-order valence-corrected chi connectivity index (χ4v) is 2.75. The summed E-state index contributed by atoms with van der Waals surface area (Å²) in [6, 6.07) is 9.27. The number of rotatable bonds is 7. The van der Waals surface area contributed by atoms with Gasteiger partial charge in [-0.1, -0.05) is 19.9 Å². The molecule has 0 spiro atoms. The molecular formula is C16H20FNOS. The number of benzene rings is 1. The van der Waals surface area contributed by atoms with Crippen LogP contribution in [0, 0.1) is 5.82 Å². The SMILES string of the molecule is CCNCc1ccc(OCc2ccc(CC)s2)c(F)c1. The van der Waals surface area contributed by atoms with Crippen molar-refractivity contribution in [2.24, 2.45) is 0 Å². The Kier molecular flexibility index (Phi) is 5.56. The summed E-state index contributed by atoms with van der Waals surface area (Å²) in [6.07, 6.45) is 1.03. The average molecular weight is 293 g/mol. The molecule has 2 aromatic rings. The largest absolute Gasteiger partial charge is 0.485 e. The molecule has 1 heterocycles. The van der Waals surface area contributed by atoms with Crippen molar-refractivity contribution in [3.05, 3.63) is 51.5 Å². The normalized spacial score (nSPS) is 10.8. The molecule has 4 heteroatoms. The molecule has 1 aromatic carbocycles. The predicted molar refractivity (Wildman–Crippen MR) is 81.8 cm³/mol. The van der Waals surface area contributed by atoms with Gasteiger partial charge in [0.15, 0.2) is 11.6 Å². The van der Waals surface area contributed by atoms with Gasteiger partial charge in [0.1, 0.15) is 6.61 Å². The van der Waals surface area contributed by atoms with Gasteiger partial charge in [-0.25, -0.2) is 4.39 Å². The zero-order valence-electron chi connectivity index (χ0n) is 11.9. The molecule has 0 fully saturated rings. The summed E-state index contributed by atoms with van der Waals surface area (Å²) in [5, 5.41) is 3.17. The third kappa shape index (κ3) is 4.05. The molecule has 1 aromatic heterocycles. The summed E-state index contributed by atoms with van der Waals surface area (Å²) in [5.41, 5.74) is 0.932. The zero-order chi connectivity index (χ0) is 14.4. The van der Waals surface area contributed by atoms with Crippen LogP contribution in [0.2, 0.25) is 0 Å². The number of thiophene rings is 1. The van der Waals surface area contributed by atoms with Gasteiger partial charge in [-0.05, 0) is 42.8 Å². The van der Waals surface area contributed by atoms with Crippen LogP contribution in [0.25, 0.3) is 0 Å². The minimum absolute atomic E-state index is 0.298. The van der Waals surface area contributed by atoms with Crippen LogP contribution < -0.4 is 10.1 Å². The quantitative estimate of drug-likeness (QED) is 0.828. The van der Waals surface area contributed by atoms with Gasteiger partial charge in [0.2, 0.25) is 0 Å². The molecule has 0 unspecified atom stereocenters. The number of hydrogen-bond donors (Lipinski definition) is 1. The van der Waals surface area contributed by atoms with Crippen LogP contribution in [-0.4, -0.2) is 6.54 Å². The lowest BCUT2D eigenvalue weighted by Gasteiger charge is -2.08. The molecule has 2 rings (SSSR count). The maximum absolute atomic E-state index is 13.9. The first-order valence-corrected chi connectivity index (χ1v) is 7.74. The van der Waals surface area contributed by atoms with Crippen molar-refractivity contribution in [3.63, 3.8) is 0 Å². The summed E-state index contributed by atoms with van der Waals surface area (Å²) in [5.74, 6) is 0.0179. The Bertz CT molecular complexity index is 553. The van der Waals surface area contributed by atoms with Crippen LogP contribution in [0.15, 0.2) is 30.3 Å². The van der Waals surface area contributed by atoms with E-state index in [1.54, 1.807) is 17.4 Å². The highest BCUT2D eigenvalue weighted by atomic mass is 32.1. The Morgan fingerprint density at radius 3 is 2.60 bits per heavy atom.